The highest BCUT2D eigenvalue weighted by molar-refractivity contribution is 7.27. The highest BCUT2D eigenvalue weighted by atomic mass is 32.1. The van der Waals surface area contributed by atoms with Crippen LogP contribution in [-0.2, 0) is 0 Å². The quantitative estimate of drug-likeness (QED) is 0.192. The maximum atomic E-state index is 6.80. The molecule has 0 aliphatic rings. The van der Waals surface area contributed by atoms with Crippen molar-refractivity contribution in [3.8, 4) is 28.3 Å². The lowest BCUT2D eigenvalue weighted by atomic mass is 10.0. The van der Waals surface area contributed by atoms with E-state index < -0.39 is 0 Å². The molecule has 0 radical (unpaired) electrons. The molecular formula is C44H25N3OS. The van der Waals surface area contributed by atoms with Crippen LogP contribution < -0.4 is 0 Å². The van der Waals surface area contributed by atoms with Gasteiger partial charge in [-0.15, -0.1) is 11.3 Å². The number of nitrogens with zero attached hydrogens (tertiary/aromatic N) is 3. The minimum absolute atomic E-state index is 0.718. The van der Waals surface area contributed by atoms with Crippen LogP contribution in [0.3, 0.4) is 0 Å². The molecule has 0 spiro atoms. The van der Waals surface area contributed by atoms with E-state index in [1.54, 1.807) is 0 Å². The van der Waals surface area contributed by atoms with Gasteiger partial charge in [-0.1, -0.05) is 115 Å². The van der Waals surface area contributed by atoms with Crippen molar-refractivity contribution in [3.05, 3.63) is 152 Å². The Morgan fingerprint density at radius 2 is 1.22 bits per heavy atom. The minimum Gasteiger partial charge on any atom is -0.455 e. The SMILES string of the molecule is c1ccc(-c2nc(-c3ccccc3)c3cc(-n4c5ccccc5c5c6oc7ccccc7c6c6sc7ccccc7c6c54)ccc3n2)cc1. The lowest BCUT2D eigenvalue weighted by Gasteiger charge is -2.13. The zero-order valence-corrected chi connectivity index (χ0v) is 26.9. The molecule has 0 aliphatic heterocycles. The fourth-order valence-electron chi connectivity index (χ4n) is 7.67. The highest BCUT2D eigenvalue weighted by Crippen LogP contribution is 2.50. The van der Waals surface area contributed by atoms with Gasteiger partial charge in [-0.2, -0.15) is 0 Å². The summed E-state index contributed by atoms with van der Waals surface area (Å²) in [5.41, 5.74) is 9.06. The molecule has 11 rings (SSSR count). The van der Waals surface area contributed by atoms with Crippen LogP contribution in [0.25, 0.3) is 103 Å². The van der Waals surface area contributed by atoms with Gasteiger partial charge in [0.2, 0.25) is 0 Å². The first-order valence-electron chi connectivity index (χ1n) is 16.4. The molecule has 5 heteroatoms. The van der Waals surface area contributed by atoms with Crippen LogP contribution in [0.4, 0.5) is 0 Å². The largest absolute Gasteiger partial charge is 0.455 e. The molecule has 0 fully saturated rings. The molecule has 49 heavy (non-hydrogen) atoms. The Labute approximate surface area is 284 Å². The maximum Gasteiger partial charge on any atom is 0.160 e. The Bertz CT molecular complexity index is 3070. The van der Waals surface area contributed by atoms with E-state index in [0.717, 1.165) is 77.6 Å². The Hall–Kier alpha value is -6.30. The molecule has 0 bridgehead atoms. The van der Waals surface area contributed by atoms with Gasteiger partial charge in [0.25, 0.3) is 0 Å². The lowest BCUT2D eigenvalue weighted by molar-refractivity contribution is 0.673. The van der Waals surface area contributed by atoms with Gasteiger partial charge in [-0.25, -0.2) is 9.97 Å². The van der Waals surface area contributed by atoms with E-state index in [4.69, 9.17) is 14.4 Å². The van der Waals surface area contributed by atoms with Crippen LogP contribution in [0.2, 0.25) is 0 Å². The molecule has 4 heterocycles. The summed E-state index contributed by atoms with van der Waals surface area (Å²) in [5.74, 6) is 0.718. The Morgan fingerprint density at radius 3 is 2.06 bits per heavy atom. The molecule has 0 atom stereocenters. The molecule has 7 aromatic carbocycles. The first-order valence-corrected chi connectivity index (χ1v) is 17.2. The zero-order valence-electron chi connectivity index (χ0n) is 26.1. The van der Waals surface area contributed by atoms with Crippen molar-refractivity contribution in [2.24, 2.45) is 0 Å². The van der Waals surface area contributed by atoms with Crippen molar-refractivity contribution in [1.82, 2.24) is 14.5 Å². The van der Waals surface area contributed by atoms with Crippen LogP contribution >= 0.6 is 11.3 Å². The van der Waals surface area contributed by atoms with Gasteiger partial charge >= 0.3 is 0 Å². The third kappa shape index (κ3) is 3.79. The van der Waals surface area contributed by atoms with Gasteiger partial charge in [-0.05, 0) is 36.4 Å². The molecule has 4 nitrogen and oxygen atoms in total. The summed E-state index contributed by atoms with van der Waals surface area (Å²) in [6.07, 6.45) is 0. The van der Waals surface area contributed by atoms with E-state index in [1.165, 1.54) is 25.6 Å². The number of hydrogen-bond acceptors (Lipinski definition) is 4. The van der Waals surface area contributed by atoms with Gasteiger partial charge in [0.05, 0.1) is 27.6 Å². The molecule has 0 N–H and O–H groups in total. The first kappa shape index (κ1) is 26.7. The summed E-state index contributed by atoms with van der Waals surface area (Å²) in [6, 6.07) is 53.2. The van der Waals surface area contributed by atoms with Gasteiger partial charge in [-0.3, -0.25) is 0 Å². The summed E-state index contributed by atoms with van der Waals surface area (Å²) < 4.78 is 11.7. The summed E-state index contributed by atoms with van der Waals surface area (Å²) in [6.45, 7) is 0. The second kappa shape index (κ2) is 10.1. The smallest absolute Gasteiger partial charge is 0.160 e. The van der Waals surface area contributed by atoms with Gasteiger partial charge in [0.15, 0.2) is 5.82 Å². The second-order valence-electron chi connectivity index (χ2n) is 12.5. The molecular weight excluding hydrogens is 619 g/mol. The Balaban J connectivity index is 1.31. The van der Waals surface area contributed by atoms with E-state index in [9.17, 15) is 0 Å². The fraction of sp³-hybridized carbons (Fsp3) is 0. The van der Waals surface area contributed by atoms with Gasteiger partial charge in [0, 0.05) is 58.5 Å². The molecule has 0 amide bonds. The average Bonchev–Trinajstić information content (AvgIpc) is 3.84. The Kier molecular flexibility index (Phi) is 5.51. The number of hydrogen-bond donors (Lipinski definition) is 0. The van der Waals surface area contributed by atoms with E-state index in [2.05, 4.69) is 132 Å². The highest BCUT2D eigenvalue weighted by Gasteiger charge is 2.25. The van der Waals surface area contributed by atoms with Crippen LogP contribution in [-0.4, -0.2) is 14.5 Å². The number of thiophene rings is 1. The average molecular weight is 644 g/mol. The van der Waals surface area contributed by atoms with Crippen molar-refractivity contribution < 1.29 is 4.42 Å². The van der Waals surface area contributed by atoms with Crippen LogP contribution in [0.1, 0.15) is 0 Å². The number of aromatic nitrogens is 3. The maximum absolute atomic E-state index is 6.80. The van der Waals surface area contributed by atoms with Crippen molar-refractivity contribution >= 4 is 86.2 Å². The van der Waals surface area contributed by atoms with Gasteiger partial charge < -0.3 is 8.98 Å². The Morgan fingerprint density at radius 1 is 0.531 bits per heavy atom. The third-order valence-electron chi connectivity index (χ3n) is 9.77. The first-order chi connectivity index (χ1) is 24.3. The number of para-hydroxylation sites is 2. The summed E-state index contributed by atoms with van der Waals surface area (Å²) in [7, 11) is 0. The zero-order chi connectivity index (χ0) is 32.1. The van der Waals surface area contributed by atoms with Crippen molar-refractivity contribution in [2.45, 2.75) is 0 Å². The third-order valence-corrected chi connectivity index (χ3v) is 11.0. The van der Waals surface area contributed by atoms with Crippen molar-refractivity contribution in [3.63, 3.8) is 0 Å². The van der Waals surface area contributed by atoms with Crippen molar-refractivity contribution in [2.75, 3.05) is 0 Å². The standard InChI is InChI=1S/C44H25N3OS/c1-3-13-26(14-4-1)40-32-25-28(23-24-33(32)45-44(46-40)27-15-5-2-6-16-27)47-34-20-10-7-17-29(34)37-41(47)38-31-19-9-12-22-36(31)49-43(38)39-30-18-8-11-21-35(30)48-42(37)39/h1-25H. The number of rotatable bonds is 3. The molecule has 0 saturated heterocycles. The van der Waals surface area contributed by atoms with Crippen LogP contribution in [0.15, 0.2) is 156 Å². The van der Waals surface area contributed by atoms with E-state index in [1.807, 2.05) is 35.6 Å². The molecule has 0 saturated carbocycles. The normalized spacial score (nSPS) is 12.1. The molecule has 11 aromatic rings. The monoisotopic (exact) mass is 643 g/mol. The number of fused-ring (bicyclic) bond motifs is 13. The van der Waals surface area contributed by atoms with E-state index in [-0.39, 0.29) is 0 Å². The lowest BCUT2D eigenvalue weighted by Crippen LogP contribution is -1.98. The molecule has 0 aliphatic carbocycles. The van der Waals surface area contributed by atoms with Crippen LogP contribution in [0, 0.1) is 0 Å². The van der Waals surface area contributed by atoms with Crippen LogP contribution in [0.5, 0.6) is 0 Å². The number of benzene rings is 7. The predicted molar refractivity (Wildman–Crippen MR) is 205 cm³/mol. The predicted octanol–water partition coefficient (Wildman–Crippen LogP) is 12.3. The van der Waals surface area contributed by atoms with Crippen molar-refractivity contribution in [1.29, 1.82) is 0 Å². The minimum atomic E-state index is 0.718. The second-order valence-corrected chi connectivity index (χ2v) is 13.6. The van der Waals surface area contributed by atoms with Gasteiger partial charge in [0.1, 0.15) is 11.2 Å². The molecule has 228 valence electrons. The van der Waals surface area contributed by atoms with E-state index in [0.29, 0.717) is 0 Å². The van der Waals surface area contributed by atoms with E-state index >= 15 is 0 Å². The summed E-state index contributed by atoms with van der Waals surface area (Å²) in [4.78, 5) is 10.3. The fourth-order valence-corrected chi connectivity index (χ4v) is 8.93. The topological polar surface area (TPSA) is 43.9 Å². The molecule has 0 unspecified atom stereocenters. The molecule has 4 aromatic heterocycles. The number of furan rings is 1. The summed E-state index contributed by atoms with van der Waals surface area (Å²) >= 11 is 1.85. The summed E-state index contributed by atoms with van der Waals surface area (Å²) in [5, 5.41) is 8.15.